The van der Waals surface area contributed by atoms with Gasteiger partial charge in [0.05, 0.1) is 4.90 Å². The maximum atomic E-state index is 13.0. The van der Waals surface area contributed by atoms with E-state index in [1.165, 1.54) is 36.4 Å². The summed E-state index contributed by atoms with van der Waals surface area (Å²) in [5, 5.41) is 5.00. The molecule has 0 aliphatic heterocycles. The zero-order valence-corrected chi connectivity index (χ0v) is 11.7. The Hall–Kier alpha value is -1.92. The van der Waals surface area contributed by atoms with Crippen LogP contribution in [0.15, 0.2) is 47.4 Å². The molecule has 0 amide bonds. The van der Waals surface area contributed by atoms with Gasteiger partial charge in [-0.15, -0.1) is 0 Å². The average Bonchev–Trinajstić information content (AvgIpc) is 2.37. The first kappa shape index (κ1) is 14.5. The maximum absolute atomic E-state index is 13.0. The number of hydrogen-bond donors (Lipinski definition) is 1. The molecule has 6 heteroatoms. The molecule has 2 aromatic carbocycles. The molecule has 4 nitrogen and oxygen atoms in total. The quantitative estimate of drug-likeness (QED) is 0.941. The van der Waals surface area contributed by atoms with Crippen molar-refractivity contribution < 1.29 is 17.5 Å². The fourth-order valence-electron chi connectivity index (χ4n) is 1.71. The smallest absolute Gasteiger partial charge is 0.238 e. The molecule has 0 spiro atoms. The van der Waals surface area contributed by atoms with Crippen LogP contribution >= 0.6 is 0 Å². The first-order valence-corrected chi connectivity index (χ1v) is 7.41. The minimum Gasteiger partial charge on any atom is -0.489 e. The molecule has 20 heavy (non-hydrogen) atoms. The number of aryl methyl sites for hydroxylation is 1. The number of nitrogens with two attached hydrogens (primary N) is 1. The third kappa shape index (κ3) is 3.55. The summed E-state index contributed by atoms with van der Waals surface area (Å²) in [6, 6.07) is 10.3. The van der Waals surface area contributed by atoms with Crippen LogP contribution < -0.4 is 9.88 Å². The minimum absolute atomic E-state index is 0.0304. The standard InChI is InChI=1S/C14H14FNO3S/c1-10-8-12(15)3-2-11(10)9-19-13-4-6-14(7-5-13)20(16,17)18/h2-8H,9H2,1H3,(H2,16,17,18). The van der Waals surface area contributed by atoms with Crippen LogP contribution in [0.5, 0.6) is 5.75 Å². The summed E-state index contributed by atoms with van der Waals surface area (Å²) in [6.45, 7) is 2.08. The highest BCUT2D eigenvalue weighted by atomic mass is 32.2. The molecular weight excluding hydrogens is 281 g/mol. The lowest BCUT2D eigenvalue weighted by atomic mass is 10.1. The molecule has 2 aromatic rings. The summed E-state index contributed by atoms with van der Waals surface area (Å²) < 4.78 is 40.7. The fraction of sp³-hybridized carbons (Fsp3) is 0.143. The maximum Gasteiger partial charge on any atom is 0.238 e. The Labute approximate surface area is 117 Å². The molecule has 0 aliphatic carbocycles. The van der Waals surface area contributed by atoms with Crippen molar-refractivity contribution in [3.05, 3.63) is 59.4 Å². The third-order valence-corrected chi connectivity index (χ3v) is 3.78. The van der Waals surface area contributed by atoms with Gasteiger partial charge in [-0.1, -0.05) is 6.07 Å². The van der Waals surface area contributed by atoms with Crippen LogP contribution in [-0.4, -0.2) is 8.42 Å². The van der Waals surface area contributed by atoms with Gasteiger partial charge in [0.2, 0.25) is 10.0 Å². The second kappa shape index (κ2) is 5.60. The second-order valence-electron chi connectivity index (χ2n) is 4.38. The summed E-state index contributed by atoms with van der Waals surface area (Å²) in [6.07, 6.45) is 0. The van der Waals surface area contributed by atoms with Gasteiger partial charge in [-0.25, -0.2) is 17.9 Å². The number of hydrogen-bond acceptors (Lipinski definition) is 3. The third-order valence-electron chi connectivity index (χ3n) is 2.85. The van der Waals surface area contributed by atoms with Gasteiger partial charge >= 0.3 is 0 Å². The van der Waals surface area contributed by atoms with E-state index < -0.39 is 10.0 Å². The predicted octanol–water partition coefficient (Wildman–Crippen LogP) is 2.36. The van der Waals surface area contributed by atoms with Gasteiger partial charge in [-0.2, -0.15) is 0 Å². The number of ether oxygens (including phenoxy) is 1. The Bertz CT molecular complexity index is 712. The molecular formula is C14H14FNO3S. The van der Waals surface area contributed by atoms with Gasteiger partial charge in [-0.3, -0.25) is 0 Å². The van der Waals surface area contributed by atoms with E-state index in [-0.39, 0.29) is 17.3 Å². The van der Waals surface area contributed by atoms with Gasteiger partial charge in [-0.05, 0) is 54.4 Å². The number of rotatable bonds is 4. The van der Waals surface area contributed by atoms with Crippen LogP contribution in [0.25, 0.3) is 0 Å². The first-order chi connectivity index (χ1) is 9.36. The van der Waals surface area contributed by atoms with Crippen molar-refractivity contribution in [3.63, 3.8) is 0 Å². The van der Waals surface area contributed by atoms with E-state index in [0.717, 1.165) is 11.1 Å². The molecule has 106 valence electrons. The molecule has 0 atom stereocenters. The molecule has 0 aromatic heterocycles. The minimum atomic E-state index is -3.70. The van der Waals surface area contributed by atoms with Crippen molar-refractivity contribution in [2.45, 2.75) is 18.4 Å². The van der Waals surface area contributed by atoms with E-state index in [0.29, 0.717) is 5.75 Å². The van der Waals surface area contributed by atoms with Gasteiger partial charge in [0.25, 0.3) is 0 Å². The molecule has 0 saturated carbocycles. The predicted molar refractivity (Wildman–Crippen MR) is 73.3 cm³/mol. The van der Waals surface area contributed by atoms with E-state index in [2.05, 4.69) is 0 Å². The molecule has 0 bridgehead atoms. The molecule has 0 radical (unpaired) electrons. The Balaban J connectivity index is 2.08. The second-order valence-corrected chi connectivity index (χ2v) is 5.94. The summed E-state index contributed by atoms with van der Waals surface area (Å²) in [5.74, 6) is 0.227. The van der Waals surface area contributed by atoms with Crippen LogP contribution in [0.3, 0.4) is 0 Å². The fourth-order valence-corrected chi connectivity index (χ4v) is 2.22. The van der Waals surface area contributed by atoms with Gasteiger partial charge in [0.15, 0.2) is 0 Å². The van der Waals surface area contributed by atoms with Crippen LogP contribution in [0.4, 0.5) is 4.39 Å². The number of benzene rings is 2. The molecule has 0 heterocycles. The van der Waals surface area contributed by atoms with Crippen molar-refractivity contribution in [3.8, 4) is 5.75 Å². The zero-order chi connectivity index (χ0) is 14.8. The van der Waals surface area contributed by atoms with Crippen molar-refractivity contribution in [2.75, 3.05) is 0 Å². The normalized spacial score (nSPS) is 11.3. The Morgan fingerprint density at radius 3 is 2.35 bits per heavy atom. The summed E-state index contributed by atoms with van der Waals surface area (Å²) in [5.41, 5.74) is 1.66. The highest BCUT2D eigenvalue weighted by molar-refractivity contribution is 7.89. The first-order valence-electron chi connectivity index (χ1n) is 5.87. The highest BCUT2D eigenvalue weighted by Gasteiger charge is 2.07. The van der Waals surface area contributed by atoms with Crippen LogP contribution in [-0.2, 0) is 16.6 Å². The molecule has 2 N–H and O–H groups in total. The lowest BCUT2D eigenvalue weighted by molar-refractivity contribution is 0.305. The van der Waals surface area contributed by atoms with Crippen LogP contribution in [0, 0.1) is 12.7 Å². The zero-order valence-electron chi connectivity index (χ0n) is 10.8. The summed E-state index contributed by atoms with van der Waals surface area (Å²) >= 11 is 0. The molecule has 0 saturated heterocycles. The van der Waals surface area contributed by atoms with Crippen molar-refractivity contribution in [1.82, 2.24) is 0 Å². The SMILES string of the molecule is Cc1cc(F)ccc1COc1ccc(S(N)(=O)=O)cc1. The molecule has 0 fully saturated rings. The van der Waals surface area contributed by atoms with Crippen LogP contribution in [0.1, 0.15) is 11.1 Å². The molecule has 0 unspecified atom stereocenters. The average molecular weight is 295 g/mol. The van der Waals surface area contributed by atoms with E-state index in [9.17, 15) is 12.8 Å². The molecule has 0 aliphatic rings. The summed E-state index contributed by atoms with van der Waals surface area (Å²) in [7, 11) is -3.70. The van der Waals surface area contributed by atoms with Crippen molar-refractivity contribution >= 4 is 10.0 Å². The van der Waals surface area contributed by atoms with E-state index in [1.807, 2.05) is 0 Å². The van der Waals surface area contributed by atoms with E-state index in [4.69, 9.17) is 9.88 Å². The van der Waals surface area contributed by atoms with Gasteiger partial charge < -0.3 is 4.74 Å². The largest absolute Gasteiger partial charge is 0.489 e. The number of primary sulfonamides is 1. The number of sulfonamides is 1. The molecule has 2 rings (SSSR count). The lowest BCUT2D eigenvalue weighted by Gasteiger charge is -2.09. The Kier molecular flexibility index (Phi) is 4.06. The van der Waals surface area contributed by atoms with Gasteiger partial charge in [0.1, 0.15) is 18.2 Å². The monoisotopic (exact) mass is 295 g/mol. The van der Waals surface area contributed by atoms with Crippen LogP contribution in [0.2, 0.25) is 0 Å². The number of halogens is 1. The Morgan fingerprint density at radius 2 is 1.80 bits per heavy atom. The van der Waals surface area contributed by atoms with E-state index >= 15 is 0 Å². The lowest BCUT2D eigenvalue weighted by Crippen LogP contribution is -2.11. The Morgan fingerprint density at radius 1 is 1.15 bits per heavy atom. The van der Waals surface area contributed by atoms with Crippen molar-refractivity contribution in [2.24, 2.45) is 5.14 Å². The summed E-state index contributed by atoms with van der Waals surface area (Å²) in [4.78, 5) is 0.0304. The van der Waals surface area contributed by atoms with Gasteiger partial charge in [0, 0.05) is 0 Å². The highest BCUT2D eigenvalue weighted by Crippen LogP contribution is 2.18. The van der Waals surface area contributed by atoms with E-state index in [1.54, 1.807) is 13.0 Å². The van der Waals surface area contributed by atoms with Crippen molar-refractivity contribution in [1.29, 1.82) is 0 Å². The topological polar surface area (TPSA) is 69.4 Å².